The molecule has 0 fully saturated rings. The van der Waals surface area contributed by atoms with Gasteiger partial charge in [0, 0.05) is 6.54 Å². The molecule has 0 saturated carbocycles. The Morgan fingerprint density at radius 3 is 2.62 bits per heavy atom. The van der Waals surface area contributed by atoms with E-state index in [0.717, 1.165) is 0 Å². The van der Waals surface area contributed by atoms with E-state index in [1.807, 2.05) is 12.2 Å². The van der Waals surface area contributed by atoms with E-state index < -0.39 is 17.5 Å². The lowest BCUT2D eigenvalue weighted by atomic mass is 10.2. The first-order valence-electron chi connectivity index (χ1n) is 4.82. The topological polar surface area (TPSA) is 107 Å². The highest BCUT2D eigenvalue weighted by Crippen LogP contribution is 2.18. The van der Waals surface area contributed by atoms with Crippen LogP contribution < -0.4 is 16.7 Å². The third-order valence-electron chi connectivity index (χ3n) is 2.34. The number of hydrogen-bond acceptors (Lipinski definition) is 5. The Bertz CT molecular complexity index is 546. The van der Waals surface area contributed by atoms with E-state index in [2.05, 4.69) is 4.98 Å². The molecule has 0 bridgehead atoms. The highest BCUT2D eigenvalue weighted by atomic mass is 16.2. The van der Waals surface area contributed by atoms with Crippen LogP contribution in [0.25, 0.3) is 0 Å². The van der Waals surface area contributed by atoms with Crippen LogP contribution in [-0.4, -0.2) is 21.4 Å². The molecule has 1 aliphatic heterocycles. The number of amides is 2. The van der Waals surface area contributed by atoms with Gasteiger partial charge < -0.3 is 5.73 Å². The zero-order valence-electron chi connectivity index (χ0n) is 8.61. The second kappa shape index (κ2) is 3.44. The number of imide groups is 1. The predicted molar refractivity (Wildman–Crippen MR) is 55.0 cm³/mol. The third-order valence-corrected chi connectivity index (χ3v) is 2.34. The minimum atomic E-state index is -0.674. The molecule has 0 aliphatic carbocycles. The molecule has 1 aromatic heterocycles. The molecule has 1 aromatic rings. The third kappa shape index (κ3) is 1.28. The SMILES string of the molecule is CCCn1c(N)c2c(nc1=O)C(=O)NC2=O. The lowest BCUT2D eigenvalue weighted by Crippen LogP contribution is -2.28. The van der Waals surface area contributed by atoms with Crippen molar-refractivity contribution >= 4 is 17.6 Å². The van der Waals surface area contributed by atoms with Gasteiger partial charge in [0.25, 0.3) is 11.8 Å². The molecule has 0 aromatic carbocycles. The molecule has 7 nitrogen and oxygen atoms in total. The van der Waals surface area contributed by atoms with Gasteiger partial charge in [-0.2, -0.15) is 4.98 Å². The van der Waals surface area contributed by atoms with Crippen LogP contribution in [0.2, 0.25) is 0 Å². The molecule has 2 rings (SSSR count). The van der Waals surface area contributed by atoms with Crippen LogP contribution in [0.4, 0.5) is 5.82 Å². The van der Waals surface area contributed by atoms with Crippen molar-refractivity contribution in [2.45, 2.75) is 19.9 Å². The molecule has 1 aliphatic rings. The summed E-state index contributed by atoms with van der Waals surface area (Å²) in [7, 11) is 0. The average molecular weight is 222 g/mol. The molecule has 3 N–H and O–H groups in total. The van der Waals surface area contributed by atoms with Crippen molar-refractivity contribution in [3.63, 3.8) is 0 Å². The van der Waals surface area contributed by atoms with Crippen molar-refractivity contribution in [2.24, 2.45) is 0 Å². The average Bonchev–Trinajstić information content (AvgIpc) is 2.49. The summed E-state index contributed by atoms with van der Waals surface area (Å²) >= 11 is 0. The monoisotopic (exact) mass is 222 g/mol. The fourth-order valence-electron chi connectivity index (χ4n) is 1.62. The zero-order chi connectivity index (χ0) is 11.9. The maximum atomic E-state index is 11.5. The quantitative estimate of drug-likeness (QED) is 0.632. The summed E-state index contributed by atoms with van der Waals surface area (Å²) in [5, 5.41) is 2.05. The van der Waals surface area contributed by atoms with Gasteiger partial charge in [-0.1, -0.05) is 6.92 Å². The lowest BCUT2D eigenvalue weighted by Gasteiger charge is -2.08. The molecule has 0 saturated heterocycles. The number of carbonyl (C=O) groups is 2. The van der Waals surface area contributed by atoms with Crippen LogP contribution in [0.3, 0.4) is 0 Å². The second-order valence-corrected chi connectivity index (χ2v) is 3.44. The Kier molecular flexibility index (Phi) is 2.22. The van der Waals surface area contributed by atoms with Crippen LogP contribution in [0, 0.1) is 0 Å². The number of aromatic nitrogens is 2. The van der Waals surface area contributed by atoms with Crippen LogP contribution in [0.5, 0.6) is 0 Å². The predicted octanol–water partition coefficient (Wildman–Crippen LogP) is -0.881. The van der Waals surface area contributed by atoms with E-state index in [1.54, 1.807) is 0 Å². The number of fused-ring (bicyclic) bond motifs is 1. The van der Waals surface area contributed by atoms with Crippen molar-refractivity contribution in [3.05, 3.63) is 21.7 Å². The molecule has 16 heavy (non-hydrogen) atoms. The normalized spacial score (nSPS) is 13.8. The largest absolute Gasteiger partial charge is 0.384 e. The summed E-state index contributed by atoms with van der Waals surface area (Å²) in [5.74, 6) is -1.28. The summed E-state index contributed by atoms with van der Waals surface area (Å²) in [6.07, 6.45) is 0.681. The van der Waals surface area contributed by atoms with Crippen LogP contribution >= 0.6 is 0 Å². The Labute approximate surface area is 90.3 Å². The van der Waals surface area contributed by atoms with E-state index in [1.165, 1.54) is 4.57 Å². The standard InChI is InChI=1S/C9H10N4O3/c1-2-3-13-6(10)4-5(11-9(13)16)8(15)12-7(4)14/h2-3,10H2,1H3,(H,12,14,15). The second-order valence-electron chi connectivity index (χ2n) is 3.44. The van der Waals surface area contributed by atoms with Gasteiger partial charge in [0.15, 0.2) is 5.69 Å². The maximum Gasteiger partial charge on any atom is 0.349 e. The van der Waals surface area contributed by atoms with Crippen LogP contribution in [0.15, 0.2) is 4.79 Å². The molecule has 0 atom stereocenters. The van der Waals surface area contributed by atoms with E-state index in [4.69, 9.17) is 5.73 Å². The minimum absolute atomic E-state index is 0.000185. The summed E-state index contributed by atoms with van der Waals surface area (Å²) in [6, 6.07) is 0. The van der Waals surface area contributed by atoms with Gasteiger partial charge in [0.05, 0.1) is 0 Å². The lowest BCUT2D eigenvalue weighted by molar-refractivity contribution is 0.0878. The first kappa shape index (κ1) is 10.3. The van der Waals surface area contributed by atoms with Crippen molar-refractivity contribution in [3.8, 4) is 0 Å². The summed E-state index contributed by atoms with van der Waals surface area (Å²) in [6.45, 7) is 2.23. The van der Waals surface area contributed by atoms with Crippen molar-refractivity contribution in [2.75, 3.05) is 5.73 Å². The fraction of sp³-hybridized carbons (Fsp3) is 0.333. The van der Waals surface area contributed by atoms with Crippen molar-refractivity contribution < 1.29 is 9.59 Å². The first-order valence-corrected chi connectivity index (χ1v) is 4.82. The zero-order valence-corrected chi connectivity index (χ0v) is 8.61. The van der Waals surface area contributed by atoms with Crippen LogP contribution in [-0.2, 0) is 6.54 Å². The van der Waals surface area contributed by atoms with E-state index in [9.17, 15) is 14.4 Å². The van der Waals surface area contributed by atoms with Crippen molar-refractivity contribution in [1.82, 2.24) is 14.9 Å². The molecule has 2 heterocycles. The van der Waals surface area contributed by atoms with Gasteiger partial charge in [-0.15, -0.1) is 0 Å². The molecular weight excluding hydrogens is 212 g/mol. The van der Waals surface area contributed by atoms with Gasteiger partial charge in [0.1, 0.15) is 11.4 Å². The van der Waals surface area contributed by atoms with E-state index in [-0.39, 0.29) is 17.1 Å². The number of nitrogens with zero attached hydrogens (tertiary/aromatic N) is 2. The number of nitrogens with two attached hydrogens (primary N) is 1. The van der Waals surface area contributed by atoms with Crippen molar-refractivity contribution in [1.29, 1.82) is 0 Å². The van der Waals surface area contributed by atoms with Crippen LogP contribution in [0.1, 0.15) is 34.2 Å². The van der Waals surface area contributed by atoms with Gasteiger partial charge in [0.2, 0.25) is 0 Å². The highest BCUT2D eigenvalue weighted by Gasteiger charge is 2.32. The highest BCUT2D eigenvalue weighted by molar-refractivity contribution is 6.22. The number of carbonyl (C=O) groups excluding carboxylic acids is 2. The number of anilines is 1. The molecule has 84 valence electrons. The Morgan fingerprint density at radius 2 is 2.00 bits per heavy atom. The Balaban J connectivity index is 2.73. The summed E-state index contributed by atoms with van der Waals surface area (Å²) in [5.41, 5.74) is 4.89. The number of nitrogens with one attached hydrogen (secondary N) is 1. The molecule has 7 heteroatoms. The molecule has 0 spiro atoms. The summed E-state index contributed by atoms with van der Waals surface area (Å²) < 4.78 is 1.19. The molecular formula is C9H10N4O3. The molecule has 0 unspecified atom stereocenters. The van der Waals surface area contributed by atoms with E-state index >= 15 is 0 Å². The molecule has 2 amide bonds. The first-order chi connectivity index (χ1) is 7.56. The summed E-state index contributed by atoms with van der Waals surface area (Å²) in [4.78, 5) is 37.7. The minimum Gasteiger partial charge on any atom is -0.384 e. The molecule has 0 radical (unpaired) electrons. The fourth-order valence-corrected chi connectivity index (χ4v) is 1.62. The Hall–Kier alpha value is -2.18. The van der Waals surface area contributed by atoms with Gasteiger partial charge in [-0.3, -0.25) is 19.5 Å². The number of rotatable bonds is 2. The smallest absolute Gasteiger partial charge is 0.349 e. The van der Waals surface area contributed by atoms with Gasteiger partial charge in [-0.25, -0.2) is 4.79 Å². The number of nitrogen functional groups attached to an aromatic ring is 1. The van der Waals surface area contributed by atoms with E-state index in [0.29, 0.717) is 13.0 Å². The Morgan fingerprint density at radius 1 is 1.31 bits per heavy atom. The van der Waals surface area contributed by atoms with Gasteiger partial charge >= 0.3 is 5.69 Å². The van der Waals surface area contributed by atoms with Gasteiger partial charge in [-0.05, 0) is 6.42 Å². The maximum absolute atomic E-state index is 11.5. The number of hydrogen-bond donors (Lipinski definition) is 2.